The van der Waals surface area contributed by atoms with Crippen LogP contribution in [0.5, 0.6) is 11.5 Å². The first kappa shape index (κ1) is 13.6. The van der Waals surface area contributed by atoms with Gasteiger partial charge in [-0.25, -0.2) is 4.79 Å². The fraction of sp³-hybridized carbons (Fsp3) is 0.133. The summed E-state index contributed by atoms with van der Waals surface area (Å²) in [5.74, 6) is 0.404. The van der Waals surface area contributed by atoms with Crippen molar-refractivity contribution in [3.63, 3.8) is 0 Å². The van der Waals surface area contributed by atoms with E-state index in [1.807, 2.05) is 32.0 Å². The molecule has 0 fully saturated rings. The summed E-state index contributed by atoms with van der Waals surface area (Å²) in [4.78, 5) is 10.9. The standard InChI is InChI=1S/C15H13BrO3/c1-9-3-4-10(2)14(7-9)19-13-6-5-11(15(17)18)8-12(13)16/h3-8H,1-2H3,(H,17,18). The lowest BCUT2D eigenvalue weighted by Crippen LogP contribution is -1.96. The van der Waals surface area contributed by atoms with Gasteiger partial charge in [-0.05, 0) is 65.2 Å². The Kier molecular flexibility index (Phi) is 3.90. The number of hydrogen-bond acceptors (Lipinski definition) is 2. The number of aryl methyl sites for hydroxylation is 2. The van der Waals surface area contributed by atoms with Crippen LogP contribution in [0.1, 0.15) is 21.5 Å². The molecule has 3 nitrogen and oxygen atoms in total. The van der Waals surface area contributed by atoms with Gasteiger partial charge in [-0.3, -0.25) is 0 Å². The molecule has 0 heterocycles. The average molecular weight is 321 g/mol. The zero-order valence-corrected chi connectivity index (χ0v) is 12.2. The van der Waals surface area contributed by atoms with Crippen molar-refractivity contribution in [2.45, 2.75) is 13.8 Å². The van der Waals surface area contributed by atoms with Crippen molar-refractivity contribution in [2.24, 2.45) is 0 Å². The summed E-state index contributed by atoms with van der Waals surface area (Å²) < 4.78 is 6.43. The molecule has 0 saturated heterocycles. The molecule has 0 aromatic heterocycles. The predicted molar refractivity (Wildman–Crippen MR) is 77.1 cm³/mol. The third-order valence-electron chi connectivity index (χ3n) is 2.74. The third-order valence-corrected chi connectivity index (χ3v) is 3.36. The van der Waals surface area contributed by atoms with Crippen molar-refractivity contribution in [1.29, 1.82) is 0 Å². The first-order chi connectivity index (χ1) is 8.97. The Morgan fingerprint density at radius 1 is 1.11 bits per heavy atom. The smallest absolute Gasteiger partial charge is 0.335 e. The van der Waals surface area contributed by atoms with Crippen molar-refractivity contribution >= 4 is 21.9 Å². The van der Waals surface area contributed by atoms with Crippen LogP contribution in [-0.2, 0) is 0 Å². The Balaban J connectivity index is 2.33. The molecule has 4 heteroatoms. The van der Waals surface area contributed by atoms with Crippen molar-refractivity contribution in [3.8, 4) is 11.5 Å². The van der Waals surface area contributed by atoms with Crippen LogP contribution in [0.25, 0.3) is 0 Å². The second-order valence-electron chi connectivity index (χ2n) is 4.32. The SMILES string of the molecule is Cc1ccc(C)c(Oc2ccc(C(=O)O)cc2Br)c1. The van der Waals surface area contributed by atoms with Crippen LogP contribution in [0.4, 0.5) is 0 Å². The molecule has 2 aromatic rings. The minimum atomic E-state index is -0.959. The minimum absolute atomic E-state index is 0.222. The molecule has 1 N–H and O–H groups in total. The topological polar surface area (TPSA) is 46.5 Å². The molecule has 19 heavy (non-hydrogen) atoms. The molecule has 0 unspecified atom stereocenters. The lowest BCUT2D eigenvalue weighted by atomic mass is 10.1. The molecular formula is C15H13BrO3. The number of rotatable bonds is 3. The van der Waals surface area contributed by atoms with Gasteiger partial charge in [-0.15, -0.1) is 0 Å². The number of carboxylic acid groups (broad SMARTS) is 1. The molecule has 0 aliphatic carbocycles. The molecule has 0 aliphatic rings. The Morgan fingerprint density at radius 3 is 2.47 bits per heavy atom. The fourth-order valence-electron chi connectivity index (χ4n) is 1.65. The monoisotopic (exact) mass is 320 g/mol. The lowest BCUT2D eigenvalue weighted by Gasteiger charge is -2.11. The maximum atomic E-state index is 10.9. The van der Waals surface area contributed by atoms with E-state index in [0.29, 0.717) is 10.2 Å². The number of halogens is 1. The second kappa shape index (κ2) is 5.45. The molecule has 0 bridgehead atoms. The zero-order chi connectivity index (χ0) is 14.0. The maximum absolute atomic E-state index is 10.9. The van der Waals surface area contributed by atoms with Gasteiger partial charge in [0.05, 0.1) is 10.0 Å². The van der Waals surface area contributed by atoms with Crippen molar-refractivity contribution < 1.29 is 14.6 Å². The third kappa shape index (κ3) is 3.15. The maximum Gasteiger partial charge on any atom is 0.335 e. The van der Waals surface area contributed by atoms with Gasteiger partial charge < -0.3 is 9.84 Å². The summed E-state index contributed by atoms with van der Waals surface area (Å²) in [7, 11) is 0. The summed E-state index contributed by atoms with van der Waals surface area (Å²) in [5.41, 5.74) is 2.36. The molecule has 2 aromatic carbocycles. The van der Waals surface area contributed by atoms with Crippen LogP contribution in [-0.4, -0.2) is 11.1 Å². The van der Waals surface area contributed by atoms with Crippen LogP contribution < -0.4 is 4.74 Å². The molecule has 98 valence electrons. The second-order valence-corrected chi connectivity index (χ2v) is 5.18. The Hall–Kier alpha value is -1.81. The number of carbonyl (C=O) groups is 1. The predicted octanol–water partition coefficient (Wildman–Crippen LogP) is 4.56. The molecule has 0 amide bonds. The van der Waals surface area contributed by atoms with Gasteiger partial charge in [0.25, 0.3) is 0 Å². The minimum Gasteiger partial charge on any atom is -0.478 e. The van der Waals surface area contributed by atoms with Crippen LogP contribution in [0.3, 0.4) is 0 Å². The van der Waals surface area contributed by atoms with Gasteiger partial charge in [0.15, 0.2) is 0 Å². The number of aromatic carboxylic acids is 1. The van der Waals surface area contributed by atoms with E-state index in [0.717, 1.165) is 16.9 Å². The van der Waals surface area contributed by atoms with Crippen LogP contribution in [0.2, 0.25) is 0 Å². The first-order valence-electron chi connectivity index (χ1n) is 5.75. The van der Waals surface area contributed by atoms with Gasteiger partial charge in [-0.2, -0.15) is 0 Å². The molecule has 0 saturated carbocycles. The van der Waals surface area contributed by atoms with Gasteiger partial charge in [0.1, 0.15) is 11.5 Å². The van der Waals surface area contributed by atoms with Crippen LogP contribution in [0.15, 0.2) is 40.9 Å². The molecule has 0 aliphatic heterocycles. The highest BCUT2D eigenvalue weighted by molar-refractivity contribution is 9.10. The highest BCUT2D eigenvalue weighted by Crippen LogP contribution is 2.32. The van der Waals surface area contributed by atoms with Crippen LogP contribution in [0, 0.1) is 13.8 Å². The number of benzene rings is 2. The highest BCUT2D eigenvalue weighted by Gasteiger charge is 2.09. The fourth-order valence-corrected chi connectivity index (χ4v) is 2.11. The number of carboxylic acids is 1. The normalized spacial score (nSPS) is 10.3. The van der Waals surface area contributed by atoms with Crippen molar-refractivity contribution in [2.75, 3.05) is 0 Å². The van der Waals surface area contributed by atoms with Gasteiger partial charge >= 0.3 is 5.97 Å². The lowest BCUT2D eigenvalue weighted by molar-refractivity contribution is 0.0697. The van der Waals surface area contributed by atoms with E-state index >= 15 is 0 Å². The van der Waals surface area contributed by atoms with E-state index in [1.54, 1.807) is 6.07 Å². The first-order valence-corrected chi connectivity index (χ1v) is 6.54. The summed E-state index contributed by atoms with van der Waals surface area (Å²) >= 11 is 3.33. The van der Waals surface area contributed by atoms with E-state index in [9.17, 15) is 4.79 Å². The quantitative estimate of drug-likeness (QED) is 0.902. The van der Waals surface area contributed by atoms with Gasteiger partial charge in [0.2, 0.25) is 0 Å². The van der Waals surface area contributed by atoms with E-state index in [1.165, 1.54) is 12.1 Å². The van der Waals surface area contributed by atoms with Crippen molar-refractivity contribution in [3.05, 3.63) is 57.6 Å². The summed E-state index contributed by atoms with van der Waals surface area (Å²) in [6.45, 7) is 3.96. The van der Waals surface area contributed by atoms with E-state index in [-0.39, 0.29) is 5.56 Å². The number of hydrogen-bond donors (Lipinski definition) is 1. The summed E-state index contributed by atoms with van der Waals surface area (Å²) in [6.07, 6.45) is 0. The van der Waals surface area contributed by atoms with Gasteiger partial charge in [0, 0.05) is 0 Å². The average Bonchev–Trinajstić information content (AvgIpc) is 2.36. The number of ether oxygens (including phenoxy) is 1. The largest absolute Gasteiger partial charge is 0.478 e. The molecular weight excluding hydrogens is 308 g/mol. The summed E-state index contributed by atoms with van der Waals surface area (Å²) in [6, 6.07) is 10.7. The highest BCUT2D eigenvalue weighted by atomic mass is 79.9. The van der Waals surface area contributed by atoms with Crippen molar-refractivity contribution in [1.82, 2.24) is 0 Å². The van der Waals surface area contributed by atoms with E-state index in [2.05, 4.69) is 15.9 Å². The zero-order valence-electron chi connectivity index (χ0n) is 10.6. The Labute approximate surface area is 120 Å². The Morgan fingerprint density at radius 2 is 1.84 bits per heavy atom. The summed E-state index contributed by atoms with van der Waals surface area (Å²) in [5, 5.41) is 8.91. The van der Waals surface area contributed by atoms with E-state index in [4.69, 9.17) is 9.84 Å². The van der Waals surface area contributed by atoms with Gasteiger partial charge in [-0.1, -0.05) is 12.1 Å². The molecule has 0 radical (unpaired) electrons. The molecule has 2 rings (SSSR count). The van der Waals surface area contributed by atoms with E-state index < -0.39 is 5.97 Å². The Bertz CT molecular complexity index is 635. The van der Waals surface area contributed by atoms with Crippen LogP contribution >= 0.6 is 15.9 Å². The molecule has 0 atom stereocenters. The molecule has 0 spiro atoms.